The number of hydrogen-bond acceptors (Lipinski definition) is 1. The van der Waals surface area contributed by atoms with E-state index in [0.717, 1.165) is 18.8 Å². The van der Waals surface area contributed by atoms with Gasteiger partial charge >= 0.3 is 0 Å². The minimum absolute atomic E-state index is 0.207. The number of carbonyl (C=O) groups excluding carboxylic acids is 1. The minimum Gasteiger partial charge on any atom is -0.299 e. The Labute approximate surface area is 92.6 Å². The molecular weight excluding hydrogens is 184 g/mol. The van der Waals surface area contributed by atoms with Gasteiger partial charge in [-0.3, -0.25) is 4.79 Å². The highest BCUT2D eigenvalue weighted by Crippen LogP contribution is 2.71. The van der Waals surface area contributed by atoms with Crippen molar-refractivity contribution in [3.63, 3.8) is 0 Å². The summed E-state index contributed by atoms with van der Waals surface area (Å²) in [7, 11) is 0. The maximum absolute atomic E-state index is 12.0. The van der Waals surface area contributed by atoms with E-state index in [1.54, 1.807) is 5.92 Å². The van der Waals surface area contributed by atoms with Crippen LogP contribution in [0.25, 0.3) is 0 Å². The van der Waals surface area contributed by atoms with E-state index in [9.17, 15) is 4.79 Å². The monoisotopic (exact) mass is 205 g/mol. The molecule has 3 aliphatic carbocycles. The molecule has 1 radical (unpaired) electrons. The number of hydrogen-bond donors (Lipinski definition) is 0. The van der Waals surface area contributed by atoms with Crippen LogP contribution in [-0.4, -0.2) is 5.78 Å². The third kappa shape index (κ3) is 0.976. The fraction of sp³-hybridized carbons (Fsp3) is 0.857. The van der Waals surface area contributed by atoms with E-state index in [4.69, 9.17) is 0 Å². The van der Waals surface area contributed by atoms with Crippen LogP contribution in [0, 0.1) is 28.6 Å². The van der Waals surface area contributed by atoms with Crippen molar-refractivity contribution in [2.24, 2.45) is 22.7 Å². The average Bonchev–Trinajstić information content (AvgIpc) is 2.57. The van der Waals surface area contributed by atoms with Crippen molar-refractivity contribution in [1.29, 1.82) is 0 Å². The van der Waals surface area contributed by atoms with Gasteiger partial charge in [-0.15, -0.1) is 0 Å². The van der Waals surface area contributed by atoms with E-state index >= 15 is 0 Å². The molecule has 0 N–H and O–H groups in total. The summed E-state index contributed by atoms with van der Waals surface area (Å²) in [5.74, 6) is 3.46. The van der Waals surface area contributed by atoms with Crippen LogP contribution in [0.5, 0.6) is 0 Å². The van der Waals surface area contributed by atoms with E-state index in [2.05, 4.69) is 20.8 Å². The van der Waals surface area contributed by atoms with Gasteiger partial charge in [0.2, 0.25) is 0 Å². The van der Waals surface area contributed by atoms with Crippen LogP contribution in [0.4, 0.5) is 0 Å². The maximum Gasteiger partial charge on any atom is 0.136 e. The zero-order valence-electron chi connectivity index (χ0n) is 10.1. The fourth-order valence-corrected chi connectivity index (χ4v) is 4.84. The summed E-state index contributed by atoms with van der Waals surface area (Å²) in [6, 6.07) is 0. The van der Waals surface area contributed by atoms with Crippen molar-refractivity contribution in [2.45, 2.75) is 52.9 Å². The van der Waals surface area contributed by atoms with Gasteiger partial charge in [0, 0.05) is 12.3 Å². The lowest BCUT2D eigenvalue weighted by Gasteiger charge is -2.36. The number of rotatable bonds is 0. The normalized spacial score (nSPS) is 48.3. The van der Waals surface area contributed by atoms with Crippen LogP contribution < -0.4 is 0 Å². The third-order valence-corrected chi connectivity index (χ3v) is 5.80. The Balaban J connectivity index is 2.08. The topological polar surface area (TPSA) is 17.1 Å². The maximum atomic E-state index is 12.0. The predicted octanol–water partition coefficient (Wildman–Crippen LogP) is 3.39. The summed E-state index contributed by atoms with van der Waals surface area (Å²) in [5, 5.41) is 0. The van der Waals surface area contributed by atoms with E-state index in [-0.39, 0.29) is 5.41 Å². The number of carbonyl (C=O) groups is 1. The lowest BCUT2D eigenvalue weighted by Crippen LogP contribution is -2.31. The van der Waals surface area contributed by atoms with Gasteiger partial charge in [-0.25, -0.2) is 0 Å². The van der Waals surface area contributed by atoms with Crippen molar-refractivity contribution < 1.29 is 4.79 Å². The second-order valence-corrected chi connectivity index (χ2v) is 6.52. The molecule has 0 aromatic rings. The van der Waals surface area contributed by atoms with Crippen molar-refractivity contribution in [3.05, 3.63) is 5.92 Å². The van der Waals surface area contributed by atoms with Crippen LogP contribution in [-0.2, 0) is 4.79 Å². The van der Waals surface area contributed by atoms with Crippen molar-refractivity contribution in [2.75, 3.05) is 0 Å². The molecule has 0 saturated heterocycles. The molecule has 0 heterocycles. The van der Waals surface area contributed by atoms with Crippen LogP contribution in [0.2, 0.25) is 0 Å². The second kappa shape index (κ2) is 2.67. The van der Waals surface area contributed by atoms with Crippen molar-refractivity contribution >= 4 is 5.78 Å². The van der Waals surface area contributed by atoms with Gasteiger partial charge in [0.05, 0.1) is 0 Å². The van der Waals surface area contributed by atoms with Crippen LogP contribution in [0.15, 0.2) is 0 Å². The molecule has 0 unspecified atom stereocenters. The number of fused-ring (bicyclic) bond motifs is 1. The van der Waals surface area contributed by atoms with Crippen LogP contribution in [0.1, 0.15) is 52.9 Å². The Hall–Kier alpha value is -0.330. The highest BCUT2D eigenvalue weighted by Gasteiger charge is 2.65. The summed E-state index contributed by atoms with van der Waals surface area (Å²) >= 11 is 0. The molecule has 0 aromatic carbocycles. The van der Waals surface area contributed by atoms with E-state index in [1.165, 1.54) is 19.3 Å². The van der Waals surface area contributed by atoms with E-state index in [1.807, 2.05) is 0 Å². The first-order chi connectivity index (χ1) is 6.98. The Morgan fingerprint density at radius 1 is 1.27 bits per heavy atom. The summed E-state index contributed by atoms with van der Waals surface area (Å²) < 4.78 is 0. The van der Waals surface area contributed by atoms with Gasteiger partial charge in [-0.2, -0.15) is 0 Å². The largest absolute Gasteiger partial charge is 0.299 e. The second-order valence-electron chi connectivity index (χ2n) is 6.52. The molecule has 3 aliphatic rings. The molecular formula is C14H21O. The molecule has 83 valence electrons. The Kier molecular flexibility index (Phi) is 1.76. The quantitative estimate of drug-likeness (QED) is 0.592. The summed E-state index contributed by atoms with van der Waals surface area (Å²) in [5.41, 5.74) is 0.681. The Bertz CT molecular complexity index is 317. The molecule has 1 nitrogen and oxygen atoms in total. The summed E-state index contributed by atoms with van der Waals surface area (Å²) in [6.07, 6.45) is 5.83. The Morgan fingerprint density at radius 2 is 2.00 bits per heavy atom. The van der Waals surface area contributed by atoms with E-state index < -0.39 is 0 Å². The zero-order chi connectivity index (χ0) is 10.8. The SMILES string of the molecule is C[C@H]1CC[C]2C(C)(C)[C@H]3C[C@]21CCC3=O. The van der Waals surface area contributed by atoms with Gasteiger partial charge in [-0.05, 0) is 48.3 Å². The van der Waals surface area contributed by atoms with Crippen molar-refractivity contribution in [3.8, 4) is 0 Å². The first-order valence-corrected chi connectivity index (χ1v) is 6.38. The molecule has 0 amide bonds. The van der Waals surface area contributed by atoms with Gasteiger partial charge in [0.15, 0.2) is 0 Å². The lowest BCUT2D eigenvalue weighted by atomic mass is 9.67. The van der Waals surface area contributed by atoms with Gasteiger partial charge in [-0.1, -0.05) is 20.8 Å². The van der Waals surface area contributed by atoms with Gasteiger partial charge in [0.1, 0.15) is 5.78 Å². The highest BCUT2D eigenvalue weighted by atomic mass is 16.1. The lowest BCUT2D eigenvalue weighted by molar-refractivity contribution is -0.127. The van der Waals surface area contributed by atoms with Gasteiger partial charge in [0.25, 0.3) is 0 Å². The fourth-order valence-electron chi connectivity index (χ4n) is 4.84. The Morgan fingerprint density at radius 3 is 2.73 bits per heavy atom. The molecule has 3 fully saturated rings. The smallest absolute Gasteiger partial charge is 0.136 e. The molecule has 0 aromatic heterocycles. The summed E-state index contributed by atoms with van der Waals surface area (Å²) in [6.45, 7) is 7.03. The number of Topliss-reactive ketones (excluding diaryl/α,β-unsaturated/α-hetero) is 1. The molecule has 3 atom stereocenters. The number of ketones is 1. The predicted molar refractivity (Wildman–Crippen MR) is 60.2 cm³/mol. The first kappa shape index (κ1) is 9.86. The average molecular weight is 205 g/mol. The zero-order valence-corrected chi connectivity index (χ0v) is 10.1. The van der Waals surface area contributed by atoms with Crippen LogP contribution in [0.3, 0.4) is 0 Å². The third-order valence-electron chi connectivity index (χ3n) is 5.80. The molecule has 3 saturated carbocycles. The highest BCUT2D eigenvalue weighted by molar-refractivity contribution is 5.84. The minimum atomic E-state index is 0.207. The first-order valence-electron chi connectivity index (χ1n) is 6.38. The molecule has 2 bridgehead atoms. The summed E-state index contributed by atoms with van der Waals surface area (Å²) in [4.78, 5) is 12.0. The van der Waals surface area contributed by atoms with Gasteiger partial charge < -0.3 is 0 Å². The molecule has 0 aliphatic heterocycles. The standard InChI is InChI=1S/C14H21O/c1-9-4-5-12-13(2,3)10-8-14(9,12)7-6-11(10)15/h9-10H,4-8H2,1-3H3/t9-,10-,14-/m0/s1. The van der Waals surface area contributed by atoms with E-state index in [0.29, 0.717) is 17.1 Å². The molecule has 1 spiro atoms. The molecule has 3 rings (SSSR count). The molecule has 1 heteroatoms. The molecule has 15 heavy (non-hydrogen) atoms. The van der Waals surface area contributed by atoms with Crippen molar-refractivity contribution in [1.82, 2.24) is 0 Å². The van der Waals surface area contributed by atoms with Crippen LogP contribution >= 0.6 is 0 Å².